The van der Waals surface area contributed by atoms with Gasteiger partial charge >= 0.3 is 0 Å². The van der Waals surface area contributed by atoms with E-state index in [0.29, 0.717) is 29.9 Å². The third kappa shape index (κ3) is 4.36. The van der Waals surface area contributed by atoms with Crippen molar-refractivity contribution >= 4 is 28.2 Å². The summed E-state index contributed by atoms with van der Waals surface area (Å²) < 4.78 is 4.95. The van der Waals surface area contributed by atoms with E-state index in [1.807, 2.05) is 0 Å². The molecule has 0 aromatic carbocycles. The summed E-state index contributed by atoms with van der Waals surface area (Å²) in [6.07, 6.45) is 4.16. The van der Waals surface area contributed by atoms with Gasteiger partial charge < -0.3 is 21.1 Å². The first-order chi connectivity index (χ1) is 9.20. The van der Waals surface area contributed by atoms with Crippen molar-refractivity contribution in [3.8, 4) is 0 Å². The maximum absolute atomic E-state index is 11.9. The van der Waals surface area contributed by atoms with Crippen LogP contribution < -0.4 is 16.4 Å². The van der Waals surface area contributed by atoms with Crippen molar-refractivity contribution in [3.63, 3.8) is 0 Å². The summed E-state index contributed by atoms with van der Waals surface area (Å²) in [7, 11) is 1.67. The molecule has 0 bridgehead atoms. The largest absolute Gasteiger partial charge is 0.385 e. The van der Waals surface area contributed by atoms with Crippen LogP contribution in [0.2, 0.25) is 0 Å². The van der Waals surface area contributed by atoms with Crippen LogP contribution in [0.1, 0.15) is 35.4 Å². The Bertz CT molecular complexity index is 431. The number of ether oxygens (including phenoxy) is 1. The van der Waals surface area contributed by atoms with E-state index in [2.05, 4.69) is 15.6 Å². The van der Waals surface area contributed by atoms with Crippen LogP contribution in [0, 0.1) is 0 Å². The molecule has 19 heavy (non-hydrogen) atoms. The third-order valence-electron chi connectivity index (χ3n) is 2.83. The fourth-order valence-corrected chi connectivity index (χ4v) is 2.49. The van der Waals surface area contributed by atoms with Gasteiger partial charge in [0.05, 0.1) is 0 Å². The Labute approximate surface area is 116 Å². The van der Waals surface area contributed by atoms with Crippen molar-refractivity contribution in [1.29, 1.82) is 0 Å². The first kappa shape index (κ1) is 14.1. The van der Waals surface area contributed by atoms with Crippen LogP contribution in [0.25, 0.3) is 0 Å². The van der Waals surface area contributed by atoms with Crippen LogP contribution in [0.3, 0.4) is 0 Å². The Balaban J connectivity index is 1.78. The van der Waals surface area contributed by atoms with Gasteiger partial charge in [0.15, 0.2) is 5.13 Å². The lowest BCUT2D eigenvalue weighted by Crippen LogP contribution is -2.24. The van der Waals surface area contributed by atoms with Crippen LogP contribution in [-0.4, -0.2) is 37.2 Å². The third-order valence-corrected chi connectivity index (χ3v) is 3.83. The summed E-state index contributed by atoms with van der Waals surface area (Å²) in [5.41, 5.74) is 5.77. The highest BCUT2D eigenvalue weighted by Gasteiger charge is 2.24. The molecule has 106 valence electrons. The molecule has 1 aromatic rings. The number of anilines is 2. The molecule has 1 heterocycles. The number of nitrogen functional groups attached to an aromatic ring is 1. The predicted molar refractivity (Wildman–Crippen MR) is 76.6 cm³/mol. The van der Waals surface area contributed by atoms with E-state index in [1.165, 1.54) is 24.2 Å². The average Bonchev–Trinajstić information content (AvgIpc) is 3.11. The topological polar surface area (TPSA) is 89.3 Å². The molecule has 2 rings (SSSR count). The van der Waals surface area contributed by atoms with E-state index in [4.69, 9.17) is 10.5 Å². The van der Waals surface area contributed by atoms with Gasteiger partial charge in [-0.05, 0) is 25.7 Å². The Morgan fingerprint density at radius 1 is 1.53 bits per heavy atom. The van der Waals surface area contributed by atoms with Crippen molar-refractivity contribution in [1.82, 2.24) is 10.3 Å². The number of nitrogens with zero attached hydrogens (tertiary/aromatic N) is 1. The number of nitrogens with two attached hydrogens (primary N) is 1. The molecule has 1 fully saturated rings. The van der Waals surface area contributed by atoms with Gasteiger partial charge in [0.1, 0.15) is 10.7 Å². The van der Waals surface area contributed by atoms with Gasteiger partial charge in [0.25, 0.3) is 5.91 Å². The Hall–Kier alpha value is -1.34. The molecule has 1 amide bonds. The molecule has 7 heteroatoms. The molecule has 4 N–H and O–H groups in total. The normalized spacial score (nSPS) is 14.4. The highest BCUT2D eigenvalue weighted by atomic mass is 32.1. The molecular weight excluding hydrogens is 264 g/mol. The van der Waals surface area contributed by atoms with E-state index >= 15 is 0 Å². The van der Waals surface area contributed by atoms with Crippen molar-refractivity contribution < 1.29 is 9.53 Å². The monoisotopic (exact) mass is 284 g/mol. The van der Waals surface area contributed by atoms with Crippen LogP contribution in [0.4, 0.5) is 10.9 Å². The van der Waals surface area contributed by atoms with Crippen LogP contribution in [0.15, 0.2) is 0 Å². The smallest absolute Gasteiger partial charge is 0.265 e. The number of unbranched alkanes of at least 4 members (excludes halogenated alkanes) is 1. The number of amides is 1. The minimum absolute atomic E-state index is 0.142. The number of carbonyl (C=O) groups is 1. The molecule has 0 unspecified atom stereocenters. The Kier molecular flexibility index (Phi) is 4.98. The fourth-order valence-electron chi connectivity index (χ4n) is 1.61. The van der Waals surface area contributed by atoms with E-state index in [9.17, 15) is 4.79 Å². The Morgan fingerprint density at radius 2 is 2.32 bits per heavy atom. The summed E-state index contributed by atoms with van der Waals surface area (Å²) in [5, 5.41) is 6.84. The highest BCUT2D eigenvalue weighted by Crippen LogP contribution is 2.30. The molecule has 1 aliphatic rings. The number of hydrogen-bond donors (Lipinski definition) is 3. The molecule has 0 radical (unpaired) electrons. The van der Waals surface area contributed by atoms with Gasteiger partial charge in [-0.15, -0.1) is 0 Å². The summed E-state index contributed by atoms with van der Waals surface area (Å²) >= 11 is 1.32. The lowest BCUT2D eigenvalue weighted by molar-refractivity contribution is 0.0956. The molecule has 1 aliphatic carbocycles. The quantitative estimate of drug-likeness (QED) is 0.629. The molecule has 0 spiro atoms. The number of carbonyl (C=O) groups excluding carboxylic acids is 1. The standard InChI is InChI=1S/C12H20N4O2S/c1-18-7-3-2-6-14-11(17)9-10(13)16-12(19-9)15-8-4-5-8/h8H,2-7,13H2,1H3,(H,14,17)(H,15,16). The van der Waals surface area contributed by atoms with Crippen LogP contribution in [-0.2, 0) is 4.74 Å². The second-order valence-corrected chi connectivity index (χ2v) is 5.61. The number of nitrogens with one attached hydrogen (secondary N) is 2. The van der Waals surface area contributed by atoms with Gasteiger partial charge in [-0.25, -0.2) is 4.98 Å². The first-order valence-corrected chi connectivity index (χ1v) is 7.32. The van der Waals surface area contributed by atoms with Gasteiger partial charge in [0, 0.05) is 26.3 Å². The first-order valence-electron chi connectivity index (χ1n) is 6.50. The van der Waals surface area contributed by atoms with Crippen molar-refractivity contribution in [3.05, 3.63) is 4.88 Å². The zero-order valence-corrected chi connectivity index (χ0v) is 11.9. The van der Waals surface area contributed by atoms with E-state index in [-0.39, 0.29) is 5.91 Å². The molecule has 6 nitrogen and oxygen atoms in total. The number of hydrogen-bond acceptors (Lipinski definition) is 6. The molecule has 1 saturated carbocycles. The highest BCUT2D eigenvalue weighted by molar-refractivity contribution is 7.18. The van der Waals surface area contributed by atoms with Gasteiger partial charge in [0.2, 0.25) is 0 Å². The van der Waals surface area contributed by atoms with Crippen LogP contribution in [0.5, 0.6) is 0 Å². The van der Waals surface area contributed by atoms with Crippen molar-refractivity contribution in [2.75, 3.05) is 31.3 Å². The summed E-state index contributed by atoms with van der Waals surface area (Å²) in [4.78, 5) is 16.6. The predicted octanol–water partition coefficient (Wildman–Crippen LogP) is 1.46. The van der Waals surface area contributed by atoms with E-state index < -0.39 is 0 Å². The fraction of sp³-hybridized carbons (Fsp3) is 0.667. The summed E-state index contributed by atoms with van der Waals surface area (Å²) in [6.45, 7) is 1.35. The zero-order chi connectivity index (χ0) is 13.7. The maximum Gasteiger partial charge on any atom is 0.265 e. The summed E-state index contributed by atoms with van der Waals surface area (Å²) in [5.74, 6) is 0.166. The minimum atomic E-state index is -0.142. The molecule has 0 atom stereocenters. The van der Waals surface area contributed by atoms with E-state index in [1.54, 1.807) is 7.11 Å². The molecular formula is C12H20N4O2S. The van der Waals surface area contributed by atoms with Crippen molar-refractivity contribution in [2.24, 2.45) is 0 Å². The van der Waals surface area contributed by atoms with Gasteiger partial charge in [-0.3, -0.25) is 4.79 Å². The van der Waals surface area contributed by atoms with Gasteiger partial charge in [-0.2, -0.15) is 0 Å². The minimum Gasteiger partial charge on any atom is -0.385 e. The Morgan fingerprint density at radius 3 is 3.00 bits per heavy atom. The second kappa shape index (κ2) is 6.72. The molecule has 1 aromatic heterocycles. The van der Waals surface area contributed by atoms with E-state index in [0.717, 1.165) is 18.0 Å². The zero-order valence-electron chi connectivity index (χ0n) is 11.1. The SMILES string of the molecule is COCCCCNC(=O)c1sc(NC2CC2)nc1N. The van der Waals surface area contributed by atoms with Crippen LogP contribution >= 0.6 is 11.3 Å². The number of rotatable bonds is 8. The number of methoxy groups -OCH3 is 1. The number of thiazole rings is 1. The van der Waals surface area contributed by atoms with Gasteiger partial charge in [-0.1, -0.05) is 11.3 Å². The second-order valence-electron chi connectivity index (χ2n) is 4.61. The number of aromatic nitrogens is 1. The molecule has 0 saturated heterocycles. The maximum atomic E-state index is 11.9. The average molecular weight is 284 g/mol. The lowest BCUT2D eigenvalue weighted by atomic mass is 10.3. The lowest BCUT2D eigenvalue weighted by Gasteiger charge is -2.03. The summed E-state index contributed by atoms with van der Waals surface area (Å²) in [6, 6.07) is 0.510. The van der Waals surface area contributed by atoms with Crippen molar-refractivity contribution in [2.45, 2.75) is 31.7 Å². The molecule has 0 aliphatic heterocycles.